The number of aromatic amines is 1. The number of nitrogens with one attached hydrogen (secondary N) is 1. The number of benzene rings is 1. The first kappa shape index (κ1) is 11.2. The van der Waals surface area contributed by atoms with Crippen LogP contribution >= 0.6 is 15.9 Å². The van der Waals surface area contributed by atoms with E-state index in [1.54, 1.807) is 0 Å². The molecule has 1 heterocycles. The molecule has 0 amide bonds. The van der Waals surface area contributed by atoms with Gasteiger partial charge in [0.1, 0.15) is 0 Å². The fourth-order valence-corrected chi connectivity index (χ4v) is 2.63. The Labute approximate surface area is 102 Å². The molecule has 3 nitrogen and oxygen atoms in total. The third-order valence-electron chi connectivity index (χ3n) is 2.65. The van der Waals surface area contributed by atoms with Crippen molar-refractivity contribution in [1.82, 2.24) is 4.98 Å². The maximum atomic E-state index is 10.8. The highest BCUT2D eigenvalue weighted by atomic mass is 79.9. The standard InChI is InChI=1S/C12H12BrNO2/c1-6-3-9-8(5-11(15)16)7(2)14-12(9)10(13)4-6/h3-4,14H,5H2,1-2H3,(H,15,16). The van der Waals surface area contributed by atoms with E-state index in [-0.39, 0.29) is 6.42 Å². The Morgan fingerprint density at radius 1 is 1.44 bits per heavy atom. The van der Waals surface area contributed by atoms with E-state index in [2.05, 4.69) is 20.9 Å². The zero-order chi connectivity index (χ0) is 11.9. The molecule has 2 rings (SSSR count). The van der Waals surface area contributed by atoms with Gasteiger partial charge in [0.15, 0.2) is 0 Å². The summed E-state index contributed by atoms with van der Waals surface area (Å²) in [6.45, 7) is 3.90. The van der Waals surface area contributed by atoms with E-state index in [0.717, 1.165) is 32.2 Å². The number of carboxylic acids is 1. The fraction of sp³-hybridized carbons (Fsp3) is 0.250. The Hall–Kier alpha value is -1.29. The third-order valence-corrected chi connectivity index (χ3v) is 3.28. The number of aryl methyl sites for hydroxylation is 2. The van der Waals surface area contributed by atoms with Crippen molar-refractivity contribution in [1.29, 1.82) is 0 Å². The first-order valence-corrected chi connectivity index (χ1v) is 5.77. The Balaban J connectivity index is 2.73. The molecule has 0 aliphatic heterocycles. The van der Waals surface area contributed by atoms with Crippen LogP contribution < -0.4 is 0 Å². The van der Waals surface area contributed by atoms with Crippen molar-refractivity contribution < 1.29 is 9.90 Å². The molecule has 0 saturated heterocycles. The van der Waals surface area contributed by atoms with Crippen LogP contribution in [-0.4, -0.2) is 16.1 Å². The van der Waals surface area contributed by atoms with Crippen molar-refractivity contribution in [2.75, 3.05) is 0 Å². The maximum Gasteiger partial charge on any atom is 0.307 e. The lowest BCUT2D eigenvalue weighted by molar-refractivity contribution is -0.136. The quantitative estimate of drug-likeness (QED) is 0.888. The van der Waals surface area contributed by atoms with Crippen LogP contribution in [0.2, 0.25) is 0 Å². The Morgan fingerprint density at radius 2 is 2.12 bits per heavy atom. The Morgan fingerprint density at radius 3 is 2.75 bits per heavy atom. The summed E-state index contributed by atoms with van der Waals surface area (Å²) in [4.78, 5) is 14.0. The summed E-state index contributed by atoms with van der Waals surface area (Å²) in [7, 11) is 0. The molecule has 0 unspecified atom stereocenters. The second-order valence-electron chi connectivity index (χ2n) is 3.97. The van der Waals surface area contributed by atoms with Crippen LogP contribution in [0.15, 0.2) is 16.6 Å². The van der Waals surface area contributed by atoms with Gasteiger partial charge in [-0.25, -0.2) is 0 Å². The normalized spacial score (nSPS) is 10.9. The third kappa shape index (κ3) is 1.85. The van der Waals surface area contributed by atoms with Gasteiger partial charge in [-0.1, -0.05) is 0 Å². The second-order valence-corrected chi connectivity index (χ2v) is 4.82. The van der Waals surface area contributed by atoms with Crippen LogP contribution in [0.5, 0.6) is 0 Å². The van der Waals surface area contributed by atoms with Crippen molar-refractivity contribution in [2.45, 2.75) is 20.3 Å². The number of halogens is 1. The summed E-state index contributed by atoms with van der Waals surface area (Å²) >= 11 is 3.48. The van der Waals surface area contributed by atoms with Gasteiger partial charge in [-0.05, 0) is 53.0 Å². The molecule has 84 valence electrons. The molecule has 2 aromatic rings. The maximum absolute atomic E-state index is 10.8. The monoisotopic (exact) mass is 281 g/mol. The van der Waals surface area contributed by atoms with Gasteiger partial charge in [0.2, 0.25) is 0 Å². The van der Waals surface area contributed by atoms with Crippen molar-refractivity contribution >= 4 is 32.8 Å². The van der Waals surface area contributed by atoms with Crippen LogP contribution in [0.3, 0.4) is 0 Å². The first-order valence-electron chi connectivity index (χ1n) is 4.98. The van der Waals surface area contributed by atoms with E-state index in [9.17, 15) is 4.79 Å². The van der Waals surface area contributed by atoms with E-state index in [4.69, 9.17) is 5.11 Å². The molecule has 0 atom stereocenters. The number of rotatable bonds is 2. The number of hydrogen-bond acceptors (Lipinski definition) is 1. The molecule has 0 spiro atoms. The molecule has 4 heteroatoms. The van der Waals surface area contributed by atoms with E-state index < -0.39 is 5.97 Å². The summed E-state index contributed by atoms with van der Waals surface area (Å²) < 4.78 is 0.974. The molecule has 2 N–H and O–H groups in total. The summed E-state index contributed by atoms with van der Waals surface area (Å²) in [6, 6.07) is 4.03. The molecule has 0 radical (unpaired) electrons. The lowest BCUT2D eigenvalue weighted by atomic mass is 10.1. The van der Waals surface area contributed by atoms with E-state index >= 15 is 0 Å². The van der Waals surface area contributed by atoms with Crippen LogP contribution in [0.4, 0.5) is 0 Å². The number of carboxylic acid groups (broad SMARTS) is 1. The Kier molecular flexibility index (Phi) is 2.76. The predicted molar refractivity (Wildman–Crippen MR) is 66.8 cm³/mol. The van der Waals surface area contributed by atoms with Gasteiger partial charge in [0.25, 0.3) is 0 Å². The zero-order valence-electron chi connectivity index (χ0n) is 9.10. The fourth-order valence-electron chi connectivity index (χ4n) is 1.95. The minimum Gasteiger partial charge on any atom is -0.481 e. The van der Waals surface area contributed by atoms with E-state index in [0.29, 0.717) is 0 Å². The molecule has 1 aromatic heterocycles. The minimum absolute atomic E-state index is 0.0573. The molecule has 16 heavy (non-hydrogen) atoms. The van der Waals surface area contributed by atoms with Gasteiger partial charge < -0.3 is 10.1 Å². The number of carbonyl (C=O) groups is 1. The van der Waals surface area contributed by atoms with E-state index in [1.807, 2.05) is 26.0 Å². The average Bonchev–Trinajstić information content (AvgIpc) is 2.45. The summed E-state index contributed by atoms with van der Waals surface area (Å²) in [5.41, 5.74) is 3.87. The molecular formula is C12H12BrNO2. The van der Waals surface area contributed by atoms with Crippen molar-refractivity contribution in [2.24, 2.45) is 0 Å². The van der Waals surface area contributed by atoms with Gasteiger partial charge in [0.05, 0.1) is 11.9 Å². The number of H-pyrrole nitrogens is 1. The van der Waals surface area contributed by atoms with Gasteiger partial charge >= 0.3 is 5.97 Å². The van der Waals surface area contributed by atoms with Crippen LogP contribution in [0.1, 0.15) is 16.8 Å². The number of aromatic nitrogens is 1. The highest BCUT2D eigenvalue weighted by Gasteiger charge is 2.13. The number of fused-ring (bicyclic) bond motifs is 1. The van der Waals surface area contributed by atoms with Gasteiger partial charge in [-0.3, -0.25) is 4.79 Å². The van der Waals surface area contributed by atoms with Crippen LogP contribution in [0, 0.1) is 13.8 Å². The first-order chi connectivity index (χ1) is 7.49. The lowest BCUT2D eigenvalue weighted by Gasteiger charge is -2.00. The van der Waals surface area contributed by atoms with Crippen LogP contribution in [0.25, 0.3) is 10.9 Å². The number of hydrogen-bond donors (Lipinski definition) is 2. The second kappa shape index (κ2) is 3.94. The van der Waals surface area contributed by atoms with E-state index in [1.165, 1.54) is 0 Å². The van der Waals surface area contributed by atoms with Crippen molar-refractivity contribution in [3.05, 3.63) is 33.4 Å². The highest BCUT2D eigenvalue weighted by Crippen LogP contribution is 2.30. The highest BCUT2D eigenvalue weighted by molar-refractivity contribution is 9.10. The van der Waals surface area contributed by atoms with Crippen molar-refractivity contribution in [3.8, 4) is 0 Å². The average molecular weight is 282 g/mol. The molecule has 0 saturated carbocycles. The topological polar surface area (TPSA) is 53.1 Å². The molecule has 0 aliphatic carbocycles. The molecule has 0 aliphatic rings. The lowest BCUT2D eigenvalue weighted by Crippen LogP contribution is -2.00. The molecular weight excluding hydrogens is 270 g/mol. The Bertz CT molecular complexity index is 572. The summed E-state index contributed by atoms with van der Waals surface area (Å²) in [6.07, 6.45) is 0.0573. The molecule has 0 bridgehead atoms. The minimum atomic E-state index is -0.804. The van der Waals surface area contributed by atoms with Gasteiger partial charge in [-0.2, -0.15) is 0 Å². The summed E-state index contributed by atoms with van der Waals surface area (Å²) in [5.74, 6) is -0.804. The predicted octanol–water partition coefficient (Wildman–Crippen LogP) is 3.17. The summed E-state index contributed by atoms with van der Waals surface area (Å²) in [5, 5.41) is 9.87. The molecule has 1 aromatic carbocycles. The molecule has 0 fully saturated rings. The SMILES string of the molecule is Cc1cc(Br)c2[nH]c(C)c(CC(=O)O)c2c1. The van der Waals surface area contributed by atoms with Gasteiger partial charge in [0, 0.05) is 15.6 Å². The van der Waals surface area contributed by atoms with Gasteiger partial charge in [-0.15, -0.1) is 0 Å². The van der Waals surface area contributed by atoms with Crippen LogP contribution in [-0.2, 0) is 11.2 Å². The largest absolute Gasteiger partial charge is 0.481 e. The number of aliphatic carboxylic acids is 1. The zero-order valence-corrected chi connectivity index (χ0v) is 10.7. The van der Waals surface area contributed by atoms with Crippen molar-refractivity contribution in [3.63, 3.8) is 0 Å². The smallest absolute Gasteiger partial charge is 0.307 e.